The summed E-state index contributed by atoms with van der Waals surface area (Å²) < 4.78 is 51.3. The summed E-state index contributed by atoms with van der Waals surface area (Å²) in [7, 11) is 0. The van der Waals surface area contributed by atoms with E-state index in [1.165, 1.54) is 6.08 Å². The molecule has 0 atom stereocenters. The molecule has 0 radical (unpaired) electrons. The molecule has 0 aliphatic carbocycles. The summed E-state index contributed by atoms with van der Waals surface area (Å²) in [5.74, 6) is -0.887. The zero-order valence-electron chi connectivity index (χ0n) is 11.1. The number of nitrogens with one attached hydrogen (secondary N) is 1. The molecular formula is C14H17F4N. The lowest BCUT2D eigenvalue weighted by molar-refractivity contribution is -0.137. The number of alkyl halides is 3. The Morgan fingerprint density at radius 1 is 1.32 bits per heavy atom. The summed E-state index contributed by atoms with van der Waals surface area (Å²) in [5.41, 5.74) is -0.209. The van der Waals surface area contributed by atoms with E-state index < -0.39 is 17.6 Å². The van der Waals surface area contributed by atoms with E-state index in [2.05, 4.69) is 5.32 Å². The smallest absolute Gasteiger partial charge is 0.311 e. The van der Waals surface area contributed by atoms with Gasteiger partial charge in [0.15, 0.2) is 0 Å². The maximum absolute atomic E-state index is 12.9. The van der Waals surface area contributed by atoms with Gasteiger partial charge in [-0.05, 0) is 24.6 Å². The normalized spacial score (nSPS) is 13.2. The fraction of sp³-hybridized carbons (Fsp3) is 0.429. The molecule has 1 aromatic carbocycles. The summed E-state index contributed by atoms with van der Waals surface area (Å²) in [5, 5.41) is 3.11. The molecule has 0 amide bonds. The first kappa shape index (κ1) is 15.7. The van der Waals surface area contributed by atoms with Gasteiger partial charge in [-0.15, -0.1) is 0 Å². The van der Waals surface area contributed by atoms with Crippen LogP contribution in [0.25, 0.3) is 6.08 Å². The van der Waals surface area contributed by atoms with Gasteiger partial charge < -0.3 is 5.32 Å². The molecule has 0 saturated heterocycles. The van der Waals surface area contributed by atoms with Crippen LogP contribution in [0, 0.1) is 5.82 Å². The van der Waals surface area contributed by atoms with Crippen LogP contribution in [-0.4, -0.2) is 12.6 Å². The third-order valence-electron chi connectivity index (χ3n) is 2.51. The van der Waals surface area contributed by atoms with Crippen molar-refractivity contribution in [3.05, 3.63) is 40.7 Å². The molecule has 0 saturated carbocycles. The van der Waals surface area contributed by atoms with Gasteiger partial charge in [0, 0.05) is 12.6 Å². The monoisotopic (exact) mass is 275 g/mol. The Labute approximate surface area is 110 Å². The first-order chi connectivity index (χ1) is 8.70. The van der Waals surface area contributed by atoms with Crippen molar-refractivity contribution < 1.29 is 17.6 Å². The van der Waals surface area contributed by atoms with Crippen LogP contribution < -0.4 is 5.32 Å². The van der Waals surface area contributed by atoms with Crippen molar-refractivity contribution in [1.82, 2.24) is 5.32 Å². The molecule has 1 nitrogen and oxygen atoms in total. The Bertz CT molecular complexity index is 461. The highest BCUT2D eigenvalue weighted by molar-refractivity contribution is 5.57. The molecule has 0 bridgehead atoms. The van der Waals surface area contributed by atoms with Gasteiger partial charge in [-0.25, -0.2) is 4.39 Å². The minimum absolute atomic E-state index is 0.0167. The van der Waals surface area contributed by atoms with Crippen LogP contribution in [0.4, 0.5) is 17.6 Å². The first-order valence-electron chi connectivity index (χ1n) is 5.97. The van der Waals surface area contributed by atoms with Crippen LogP contribution in [0.15, 0.2) is 23.8 Å². The lowest BCUT2D eigenvalue weighted by Crippen LogP contribution is -2.24. The molecule has 0 aliphatic rings. The molecule has 1 rings (SSSR count). The fourth-order valence-electron chi connectivity index (χ4n) is 1.58. The molecule has 5 heteroatoms. The van der Waals surface area contributed by atoms with Crippen molar-refractivity contribution in [2.24, 2.45) is 0 Å². The van der Waals surface area contributed by atoms with E-state index in [-0.39, 0.29) is 11.6 Å². The largest absolute Gasteiger partial charge is 0.417 e. The van der Waals surface area contributed by atoms with Gasteiger partial charge >= 0.3 is 6.18 Å². The van der Waals surface area contributed by atoms with Crippen LogP contribution in [0.1, 0.15) is 31.9 Å². The lowest BCUT2D eigenvalue weighted by atomic mass is 10.0. The van der Waals surface area contributed by atoms with Gasteiger partial charge in [0.05, 0.1) is 5.56 Å². The second-order valence-corrected chi connectivity index (χ2v) is 4.76. The van der Waals surface area contributed by atoms with Gasteiger partial charge in [0.25, 0.3) is 0 Å². The van der Waals surface area contributed by atoms with Gasteiger partial charge in [-0.2, -0.15) is 13.2 Å². The van der Waals surface area contributed by atoms with E-state index in [1.807, 2.05) is 13.8 Å². The Hall–Kier alpha value is -1.36. The summed E-state index contributed by atoms with van der Waals surface area (Å²) in [6, 6.07) is 2.95. The molecule has 1 aromatic rings. The van der Waals surface area contributed by atoms with Gasteiger partial charge in [-0.1, -0.05) is 31.6 Å². The predicted molar refractivity (Wildman–Crippen MR) is 68.2 cm³/mol. The van der Waals surface area contributed by atoms with Crippen molar-refractivity contribution in [3.63, 3.8) is 0 Å². The quantitative estimate of drug-likeness (QED) is 0.810. The van der Waals surface area contributed by atoms with Crippen molar-refractivity contribution in [2.75, 3.05) is 6.54 Å². The summed E-state index contributed by atoms with van der Waals surface area (Å²) in [4.78, 5) is 0. The Morgan fingerprint density at radius 2 is 1.95 bits per heavy atom. The van der Waals surface area contributed by atoms with E-state index in [1.54, 1.807) is 6.92 Å². The van der Waals surface area contributed by atoms with Gasteiger partial charge in [0.1, 0.15) is 5.82 Å². The maximum Gasteiger partial charge on any atom is 0.417 e. The molecular weight excluding hydrogens is 258 g/mol. The van der Waals surface area contributed by atoms with Crippen LogP contribution in [0.3, 0.4) is 0 Å². The molecule has 0 unspecified atom stereocenters. The van der Waals surface area contributed by atoms with E-state index in [0.717, 1.165) is 17.7 Å². The maximum atomic E-state index is 12.9. The third kappa shape index (κ3) is 5.03. The predicted octanol–water partition coefficient (Wildman–Crippen LogP) is 4.25. The van der Waals surface area contributed by atoms with Gasteiger partial charge in [0.2, 0.25) is 0 Å². The van der Waals surface area contributed by atoms with Crippen molar-refractivity contribution >= 4 is 6.08 Å². The average molecular weight is 275 g/mol. The van der Waals surface area contributed by atoms with E-state index in [0.29, 0.717) is 12.6 Å². The summed E-state index contributed by atoms with van der Waals surface area (Å²) in [6.45, 7) is 6.13. The zero-order valence-corrected chi connectivity index (χ0v) is 11.1. The first-order valence-corrected chi connectivity index (χ1v) is 5.97. The summed E-state index contributed by atoms with van der Waals surface area (Å²) in [6.07, 6.45) is -3.13. The molecule has 19 heavy (non-hydrogen) atoms. The fourth-order valence-corrected chi connectivity index (χ4v) is 1.58. The molecule has 0 heterocycles. The highest BCUT2D eigenvalue weighted by Crippen LogP contribution is 2.33. The number of hydrogen-bond acceptors (Lipinski definition) is 1. The Kier molecular flexibility index (Phi) is 5.11. The Morgan fingerprint density at radius 3 is 2.47 bits per heavy atom. The van der Waals surface area contributed by atoms with Crippen molar-refractivity contribution in [3.8, 4) is 0 Å². The molecule has 0 aliphatic heterocycles. The summed E-state index contributed by atoms with van der Waals surface area (Å²) >= 11 is 0. The molecule has 0 fully saturated rings. The standard InChI is InChI=1S/C14H17F4N/c1-9(2)19-8-10(3)6-11-4-5-12(15)7-13(11)14(16,17)18/h4-7,9,19H,8H2,1-3H3/b10-6+. The van der Waals surface area contributed by atoms with Crippen LogP contribution in [-0.2, 0) is 6.18 Å². The Balaban J connectivity index is 3.03. The molecule has 0 aromatic heterocycles. The minimum atomic E-state index is -4.56. The number of halogens is 4. The topological polar surface area (TPSA) is 12.0 Å². The molecule has 1 N–H and O–H groups in total. The lowest BCUT2D eigenvalue weighted by Gasteiger charge is -2.12. The van der Waals surface area contributed by atoms with Crippen molar-refractivity contribution in [1.29, 1.82) is 0 Å². The highest BCUT2D eigenvalue weighted by atomic mass is 19.4. The third-order valence-corrected chi connectivity index (χ3v) is 2.51. The average Bonchev–Trinajstić information content (AvgIpc) is 2.27. The van der Waals surface area contributed by atoms with Crippen LogP contribution in [0.5, 0.6) is 0 Å². The molecule has 0 spiro atoms. The second-order valence-electron chi connectivity index (χ2n) is 4.76. The SMILES string of the molecule is C/C(=C\c1ccc(F)cc1C(F)(F)F)CNC(C)C. The number of benzene rings is 1. The van der Waals surface area contributed by atoms with E-state index >= 15 is 0 Å². The van der Waals surface area contributed by atoms with Crippen LogP contribution >= 0.6 is 0 Å². The van der Waals surface area contributed by atoms with E-state index in [4.69, 9.17) is 0 Å². The van der Waals surface area contributed by atoms with Crippen LogP contribution in [0.2, 0.25) is 0 Å². The number of rotatable bonds is 4. The molecule has 106 valence electrons. The number of hydrogen-bond donors (Lipinski definition) is 1. The minimum Gasteiger partial charge on any atom is -0.311 e. The highest BCUT2D eigenvalue weighted by Gasteiger charge is 2.33. The second kappa shape index (κ2) is 6.19. The zero-order chi connectivity index (χ0) is 14.6. The van der Waals surface area contributed by atoms with Crippen molar-refractivity contribution in [2.45, 2.75) is 33.0 Å². The van der Waals surface area contributed by atoms with E-state index in [9.17, 15) is 17.6 Å². The van der Waals surface area contributed by atoms with Gasteiger partial charge in [-0.3, -0.25) is 0 Å².